The zero-order valence-electron chi connectivity index (χ0n) is 13.9. The lowest BCUT2D eigenvalue weighted by Crippen LogP contribution is -2.30. The smallest absolute Gasteiger partial charge is 0.170 e. The number of aryl methyl sites for hydroxylation is 1. The first kappa shape index (κ1) is 15.8. The Morgan fingerprint density at radius 3 is 2.48 bits per heavy atom. The van der Waals surface area contributed by atoms with Gasteiger partial charge in [0.2, 0.25) is 0 Å². The minimum atomic E-state index is 0.00557. The molecule has 1 aliphatic rings. The summed E-state index contributed by atoms with van der Waals surface area (Å²) in [5.41, 5.74) is 3.17. The Morgan fingerprint density at radius 1 is 1.04 bits per heavy atom. The van der Waals surface area contributed by atoms with Crippen molar-refractivity contribution in [1.82, 2.24) is 24.8 Å². The van der Waals surface area contributed by atoms with Crippen molar-refractivity contribution in [3.8, 4) is 0 Å². The Morgan fingerprint density at radius 2 is 1.84 bits per heavy atom. The van der Waals surface area contributed by atoms with Crippen LogP contribution in [0.15, 0.2) is 67.1 Å². The Bertz CT molecular complexity index is 862. The second-order valence-corrected chi connectivity index (χ2v) is 6.51. The Kier molecular flexibility index (Phi) is 4.19. The Labute approximate surface area is 152 Å². The summed E-state index contributed by atoms with van der Waals surface area (Å²) in [6.07, 6.45) is 5.70. The molecule has 3 aromatic rings. The maximum Gasteiger partial charge on any atom is 0.170 e. The fourth-order valence-electron chi connectivity index (χ4n) is 3.35. The van der Waals surface area contributed by atoms with E-state index in [-0.39, 0.29) is 12.1 Å². The zero-order valence-corrected chi connectivity index (χ0v) is 14.7. The molecule has 0 saturated carbocycles. The van der Waals surface area contributed by atoms with Crippen molar-refractivity contribution in [2.45, 2.75) is 18.6 Å². The van der Waals surface area contributed by atoms with Gasteiger partial charge in [-0.05, 0) is 48.6 Å². The molecule has 4 heterocycles. The predicted octanol–water partition coefficient (Wildman–Crippen LogP) is 2.99. The maximum atomic E-state index is 5.66. The number of pyridine rings is 2. The van der Waals surface area contributed by atoms with Crippen molar-refractivity contribution in [3.63, 3.8) is 0 Å². The molecular weight excluding hydrogens is 330 g/mol. The van der Waals surface area contributed by atoms with E-state index in [1.165, 1.54) is 5.69 Å². The van der Waals surface area contributed by atoms with Gasteiger partial charge in [-0.3, -0.25) is 9.97 Å². The summed E-state index contributed by atoms with van der Waals surface area (Å²) in [5, 5.41) is 4.19. The van der Waals surface area contributed by atoms with Crippen LogP contribution in [0.2, 0.25) is 0 Å². The molecule has 0 radical (unpaired) electrons. The zero-order chi connectivity index (χ0) is 17.2. The molecule has 4 rings (SSSR count). The molecule has 25 heavy (non-hydrogen) atoms. The lowest BCUT2D eigenvalue weighted by molar-refractivity contribution is 0.297. The molecule has 0 bridgehead atoms. The summed E-state index contributed by atoms with van der Waals surface area (Å²) < 4.78 is 2.14. The third kappa shape index (κ3) is 3.00. The van der Waals surface area contributed by atoms with Gasteiger partial charge in [-0.2, -0.15) is 0 Å². The molecule has 0 unspecified atom stereocenters. The van der Waals surface area contributed by atoms with E-state index in [0.29, 0.717) is 6.54 Å². The second-order valence-electron chi connectivity index (χ2n) is 6.12. The minimum Gasteiger partial charge on any atom is -0.353 e. The number of nitrogens with zero attached hydrogens (tertiary/aromatic N) is 4. The number of thiocarbonyl (C=S) groups is 1. The lowest BCUT2D eigenvalue weighted by Gasteiger charge is -2.28. The Balaban J connectivity index is 1.74. The van der Waals surface area contributed by atoms with E-state index < -0.39 is 0 Å². The molecule has 6 heteroatoms. The van der Waals surface area contributed by atoms with Crippen molar-refractivity contribution >= 4 is 17.3 Å². The van der Waals surface area contributed by atoms with Gasteiger partial charge < -0.3 is 14.8 Å². The number of aromatic nitrogens is 3. The van der Waals surface area contributed by atoms with E-state index in [1.807, 2.05) is 48.8 Å². The molecule has 2 atom stereocenters. The monoisotopic (exact) mass is 349 g/mol. The van der Waals surface area contributed by atoms with Crippen LogP contribution < -0.4 is 5.32 Å². The van der Waals surface area contributed by atoms with E-state index >= 15 is 0 Å². The molecule has 126 valence electrons. The highest BCUT2D eigenvalue weighted by atomic mass is 32.1. The molecular formula is C19H19N5S. The largest absolute Gasteiger partial charge is 0.353 e. The van der Waals surface area contributed by atoms with Crippen molar-refractivity contribution in [2.24, 2.45) is 7.05 Å². The fraction of sp³-hybridized carbons (Fsp3) is 0.211. The molecule has 0 aromatic carbocycles. The predicted molar refractivity (Wildman–Crippen MR) is 101 cm³/mol. The first-order valence-electron chi connectivity index (χ1n) is 8.23. The van der Waals surface area contributed by atoms with Gasteiger partial charge in [0.15, 0.2) is 5.11 Å². The molecule has 0 amide bonds. The summed E-state index contributed by atoms with van der Waals surface area (Å²) in [5.74, 6) is 0. The first-order valence-corrected chi connectivity index (χ1v) is 8.64. The third-order valence-electron chi connectivity index (χ3n) is 4.54. The number of hydrogen-bond donors (Lipinski definition) is 1. The molecule has 1 saturated heterocycles. The van der Waals surface area contributed by atoms with Crippen LogP contribution in [0.1, 0.15) is 29.2 Å². The molecule has 5 nitrogen and oxygen atoms in total. The van der Waals surface area contributed by atoms with Crippen LogP contribution in [-0.2, 0) is 13.6 Å². The quantitative estimate of drug-likeness (QED) is 0.734. The summed E-state index contributed by atoms with van der Waals surface area (Å²) in [4.78, 5) is 11.2. The van der Waals surface area contributed by atoms with Crippen LogP contribution in [0, 0.1) is 0 Å². The molecule has 1 N–H and O–H groups in total. The van der Waals surface area contributed by atoms with Crippen molar-refractivity contribution < 1.29 is 0 Å². The van der Waals surface area contributed by atoms with Crippen molar-refractivity contribution in [2.75, 3.05) is 0 Å². The summed E-state index contributed by atoms with van der Waals surface area (Å²) in [6, 6.07) is 16.2. The van der Waals surface area contributed by atoms with Crippen LogP contribution in [0.5, 0.6) is 0 Å². The van der Waals surface area contributed by atoms with Gasteiger partial charge in [-0.15, -0.1) is 0 Å². The highest BCUT2D eigenvalue weighted by Crippen LogP contribution is 2.39. The summed E-state index contributed by atoms with van der Waals surface area (Å²) in [7, 11) is 2.06. The van der Waals surface area contributed by atoms with E-state index in [2.05, 4.69) is 50.1 Å². The highest BCUT2D eigenvalue weighted by Gasteiger charge is 2.40. The van der Waals surface area contributed by atoms with E-state index in [4.69, 9.17) is 12.2 Å². The van der Waals surface area contributed by atoms with E-state index in [9.17, 15) is 0 Å². The standard InChI is InChI=1S/C19H19N5S/c1-23-12-6-9-16(23)18-17(15-8-3-5-11-21-15)22-19(25)24(18)13-14-7-2-4-10-20-14/h2-12,17-18H,13H2,1H3,(H,22,25)/t17-,18+/m0/s1. The van der Waals surface area contributed by atoms with Crippen molar-refractivity contribution in [3.05, 3.63) is 84.2 Å². The fourth-order valence-corrected chi connectivity index (χ4v) is 3.65. The highest BCUT2D eigenvalue weighted by molar-refractivity contribution is 7.80. The van der Waals surface area contributed by atoms with Gasteiger partial charge in [0.05, 0.1) is 30.0 Å². The van der Waals surface area contributed by atoms with Gasteiger partial charge in [0, 0.05) is 31.3 Å². The Hall–Kier alpha value is -2.73. The number of hydrogen-bond acceptors (Lipinski definition) is 3. The topological polar surface area (TPSA) is 46.0 Å². The summed E-state index contributed by atoms with van der Waals surface area (Å²) in [6.45, 7) is 0.659. The molecule has 3 aromatic heterocycles. The molecule has 1 aliphatic heterocycles. The van der Waals surface area contributed by atoms with Crippen molar-refractivity contribution in [1.29, 1.82) is 0 Å². The van der Waals surface area contributed by atoms with E-state index in [1.54, 1.807) is 0 Å². The molecule has 1 fully saturated rings. The van der Waals surface area contributed by atoms with Gasteiger partial charge in [-0.1, -0.05) is 12.1 Å². The number of nitrogens with one attached hydrogen (secondary N) is 1. The van der Waals surface area contributed by atoms with Crippen LogP contribution in [-0.4, -0.2) is 24.5 Å². The van der Waals surface area contributed by atoms with Crippen LogP contribution in [0.3, 0.4) is 0 Å². The van der Waals surface area contributed by atoms with Crippen LogP contribution in [0.25, 0.3) is 0 Å². The van der Waals surface area contributed by atoms with Gasteiger partial charge in [0.25, 0.3) is 0 Å². The van der Waals surface area contributed by atoms with E-state index in [0.717, 1.165) is 16.5 Å². The van der Waals surface area contributed by atoms with Gasteiger partial charge in [-0.25, -0.2) is 0 Å². The average Bonchev–Trinajstić information content (AvgIpc) is 3.20. The average molecular weight is 349 g/mol. The van der Waals surface area contributed by atoms with Crippen LogP contribution >= 0.6 is 12.2 Å². The first-order chi connectivity index (χ1) is 12.2. The SMILES string of the molecule is Cn1cccc1[C@@H]1[C@H](c2ccccn2)NC(=S)N1Cc1ccccn1. The molecule has 0 aliphatic carbocycles. The van der Waals surface area contributed by atoms with Gasteiger partial charge in [0.1, 0.15) is 0 Å². The van der Waals surface area contributed by atoms with Crippen LogP contribution in [0.4, 0.5) is 0 Å². The second kappa shape index (κ2) is 6.64. The summed E-state index contributed by atoms with van der Waals surface area (Å²) >= 11 is 5.66. The number of rotatable bonds is 4. The molecule has 0 spiro atoms. The van der Waals surface area contributed by atoms with Gasteiger partial charge >= 0.3 is 0 Å². The lowest BCUT2D eigenvalue weighted by atomic mass is 10.0. The minimum absolute atomic E-state index is 0.00557. The maximum absolute atomic E-state index is 5.66. The third-order valence-corrected chi connectivity index (χ3v) is 4.90. The normalized spacial score (nSPS) is 19.9.